The van der Waals surface area contributed by atoms with Crippen molar-refractivity contribution in [2.45, 2.75) is 19.9 Å². The summed E-state index contributed by atoms with van der Waals surface area (Å²) in [7, 11) is 3.00. The van der Waals surface area contributed by atoms with Crippen molar-refractivity contribution in [3.8, 4) is 23.0 Å². The van der Waals surface area contributed by atoms with E-state index in [9.17, 15) is 29.8 Å². The number of allylic oxidation sites excluding steroid dienone is 1. The molecule has 0 fully saturated rings. The Morgan fingerprint density at radius 3 is 2.33 bits per heavy atom. The van der Waals surface area contributed by atoms with Gasteiger partial charge in [0, 0.05) is 17.7 Å². The maximum atomic E-state index is 13.9. The summed E-state index contributed by atoms with van der Waals surface area (Å²) in [6, 6.07) is 13.7. The SMILES string of the molecule is CCOC(=O)C1=C(C)N=c2s/c(=C\c3ccc(Oc4ccc([N+](=O)[O-])cc4[N+](=O)[O-])cc3)c(=O)n2[C@@H]1c1ccc(OC)cc1OC. The number of nitrogens with zero attached hydrogens (tertiary/aromatic N) is 4. The highest BCUT2D eigenvalue weighted by Crippen LogP contribution is 2.38. The second-order valence-corrected chi connectivity index (χ2v) is 10.8. The van der Waals surface area contributed by atoms with Crippen LogP contribution in [0.1, 0.15) is 31.0 Å². The molecular formula is C31H26N4O10S. The third-order valence-electron chi connectivity index (χ3n) is 7.01. The van der Waals surface area contributed by atoms with E-state index in [1.165, 1.54) is 18.8 Å². The molecule has 4 aromatic rings. The number of esters is 1. The van der Waals surface area contributed by atoms with E-state index >= 15 is 0 Å². The second-order valence-electron chi connectivity index (χ2n) is 9.75. The number of thiazole rings is 1. The fraction of sp³-hybridized carbons (Fsp3) is 0.194. The standard InChI is InChI=1S/C31H26N4O10S/c1-5-44-30(37)27-17(2)32-31-33(28(27)22-12-11-21(42-3)16-25(22)43-4)29(36)26(46-31)14-18-6-9-20(10-7-18)45-24-13-8-19(34(38)39)15-23(24)35(40)41/h6-16,28H,5H2,1-4H3/b26-14-/t28-/m1/s1. The lowest BCUT2D eigenvalue weighted by atomic mass is 9.95. The van der Waals surface area contributed by atoms with Crippen molar-refractivity contribution in [2.75, 3.05) is 20.8 Å². The van der Waals surface area contributed by atoms with Crippen LogP contribution in [0.3, 0.4) is 0 Å². The predicted octanol–water partition coefficient (Wildman–Crippen LogP) is 4.42. The van der Waals surface area contributed by atoms with E-state index in [0.717, 1.165) is 29.5 Å². The van der Waals surface area contributed by atoms with Crippen molar-refractivity contribution in [3.05, 3.63) is 123 Å². The number of rotatable bonds is 10. The largest absolute Gasteiger partial charge is 0.497 e. The fourth-order valence-electron chi connectivity index (χ4n) is 4.89. The highest BCUT2D eigenvalue weighted by molar-refractivity contribution is 7.07. The van der Waals surface area contributed by atoms with Crippen LogP contribution in [0, 0.1) is 20.2 Å². The van der Waals surface area contributed by atoms with Crippen molar-refractivity contribution in [1.82, 2.24) is 4.57 Å². The molecule has 1 aliphatic rings. The molecule has 0 saturated heterocycles. The molecule has 46 heavy (non-hydrogen) atoms. The van der Waals surface area contributed by atoms with Gasteiger partial charge in [-0.2, -0.15) is 0 Å². The maximum Gasteiger partial charge on any atom is 0.338 e. The minimum absolute atomic E-state index is 0.129. The van der Waals surface area contributed by atoms with Gasteiger partial charge in [-0.1, -0.05) is 23.5 Å². The van der Waals surface area contributed by atoms with Crippen LogP contribution in [0.15, 0.2) is 81.7 Å². The summed E-state index contributed by atoms with van der Waals surface area (Å²) in [6.07, 6.45) is 1.65. The summed E-state index contributed by atoms with van der Waals surface area (Å²) in [5, 5.41) is 22.5. The summed E-state index contributed by atoms with van der Waals surface area (Å²) < 4.78 is 23.7. The summed E-state index contributed by atoms with van der Waals surface area (Å²) in [6.45, 7) is 3.50. The number of nitro groups is 2. The molecule has 236 valence electrons. The number of hydrogen-bond donors (Lipinski definition) is 0. The Bertz CT molecular complexity index is 2080. The normalized spacial score (nSPS) is 14.3. The first kappa shape index (κ1) is 31.6. The first-order chi connectivity index (χ1) is 22.1. The van der Waals surface area contributed by atoms with Crippen molar-refractivity contribution in [1.29, 1.82) is 0 Å². The Hall–Kier alpha value is -5.83. The molecule has 1 aromatic heterocycles. The monoisotopic (exact) mass is 646 g/mol. The molecule has 5 rings (SSSR count). The van der Waals surface area contributed by atoms with Crippen LogP contribution in [0.25, 0.3) is 6.08 Å². The van der Waals surface area contributed by atoms with Crippen LogP contribution < -0.4 is 29.1 Å². The third-order valence-corrected chi connectivity index (χ3v) is 7.99. The van der Waals surface area contributed by atoms with Gasteiger partial charge in [0.05, 0.1) is 52.5 Å². The molecule has 0 N–H and O–H groups in total. The molecule has 1 aliphatic heterocycles. The Balaban J connectivity index is 1.55. The van der Waals surface area contributed by atoms with E-state index in [1.54, 1.807) is 62.4 Å². The van der Waals surface area contributed by atoms with Gasteiger partial charge in [-0.05, 0) is 55.8 Å². The van der Waals surface area contributed by atoms with Crippen LogP contribution in [0.4, 0.5) is 11.4 Å². The number of fused-ring (bicyclic) bond motifs is 1. The van der Waals surface area contributed by atoms with E-state index in [4.69, 9.17) is 18.9 Å². The van der Waals surface area contributed by atoms with Crippen molar-refractivity contribution >= 4 is 34.8 Å². The number of aromatic nitrogens is 1. The van der Waals surface area contributed by atoms with Crippen molar-refractivity contribution in [2.24, 2.45) is 4.99 Å². The van der Waals surface area contributed by atoms with E-state index in [1.807, 2.05) is 0 Å². The second kappa shape index (κ2) is 13.0. The number of nitro benzene ring substituents is 2. The van der Waals surface area contributed by atoms with E-state index < -0.39 is 38.8 Å². The van der Waals surface area contributed by atoms with Gasteiger partial charge in [-0.25, -0.2) is 9.79 Å². The van der Waals surface area contributed by atoms with Crippen LogP contribution in [0.5, 0.6) is 23.0 Å². The molecule has 14 nitrogen and oxygen atoms in total. The lowest BCUT2D eigenvalue weighted by Gasteiger charge is -2.26. The minimum Gasteiger partial charge on any atom is -0.497 e. The lowest BCUT2D eigenvalue weighted by Crippen LogP contribution is -2.40. The fourth-order valence-corrected chi connectivity index (χ4v) is 5.94. The Morgan fingerprint density at radius 2 is 1.70 bits per heavy atom. The van der Waals surface area contributed by atoms with Crippen LogP contribution in [-0.2, 0) is 9.53 Å². The average Bonchev–Trinajstić information content (AvgIpc) is 3.34. The molecule has 0 amide bonds. The molecule has 0 spiro atoms. The zero-order valence-corrected chi connectivity index (χ0v) is 25.7. The number of benzene rings is 3. The topological polar surface area (TPSA) is 175 Å². The maximum absolute atomic E-state index is 13.9. The molecule has 0 aliphatic carbocycles. The molecule has 15 heteroatoms. The van der Waals surface area contributed by atoms with Crippen LogP contribution in [-0.4, -0.2) is 41.2 Å². The molecule has 1 atom stereocenters. The third kappa shape index (κ3) is 6.08. The van der Waals surface area contributed by atoms with Gasteiger partial charge in [-0.15, -0.1) is 0 Å². The van der Waals surface area contributed by atoms with Gasteiger partial charge in [0.15, 0.2) is 4.80 Å². The molecule has 0 bridgehead atoms. The van der Waals surface area contributed by atoms with E-state index in [2.05, 4.69) is 4.99 Å². The highest BCUT2D eigenvalue weighted by Gasteiger charge is 2.35. The lowest BCUT2D eigenvalue weighted by molar-refractivity contribution is -0.394. The molecule has 0 saturated carbocycles. The average molecular weight is 647 g/mol. The Morgan fingerprint density at radius 1 is 0.978 bits per heavy atom. The van der Waals surface area contributed by atoms with Gasteiger partial charge >= 0.3 is 11.7 Å². The zero-order valence-electron chi connectivity index (χ0n) is 24.9. The molecule has 3 aromatic carbocycles. The first-order valence-electron chi connectivity index (χ1n) is 13.7. The van der Waals surface area contributed by atoms with Gasteiger partial charge in [0.25, 0.3) is 11.2 Å². The smallest absolute Gasteiger partial charge is 0.338 e. The Kier molecular flexibility index (Phi) is 8.95. The summed E-state index contributed by atoms with van der Waals surface area (Å²) >= 11 is 1.14. The zero-order chi connectivity index (χ0) is 33.1. The summed E-state index contributed by atoms with van der Waals surface area (Å²) in [4.78, 5) is 53.1. The van der Waals surface area contributed by atoms with Crippen molar-refractivity contribution in [3.63, 3.8) is 0 Å². The van der Waals surface area contributed by atoms with Crippen LogP contribution >= 0.6 is 11.3 Å². The van der Waals surface area contributed by atoms with Gasteiger partial charge in [-0.3, -0.25) is 29.6 Å². The van der Waals surface area contributed by atoms with Crippen molar-refractivity contribution < 1.29 is 33.6 Å². The molecule has 0 radical (unpaired) electrons. The van der Waals surface area contributed by atoms with Gasteiger partial charge in [0.1, 0.15) is 23.3 Å². The van der Waals surface area contributed by atoms with Gasteiger partial charge in [0.2, 0.25) is 5.75 Å². The summed E-state index contributed by atoms with van der Waals surface area (Å²) in [5.74, 6) is 0.390. The number of hydrogen-bond acceptors (Lipinski definition) is 12. The molecule has 2 heterocycles. The Labute approximate surface area is 264 Å². The number of carbonyl (C=O) groups is 1. The van der Waals surface area contributed by atoms with Gasteiger partial charge < -0.3 is 18.9 Å². The quantitative estimate of drug-likeness (QED) is 0.136. The predicted molar refractivity (Wildman–Crippen MR) is 166 cm³/mol. The number of ether oxygens (including phenoxy) is 4. The minimum atomic E-state index is -0.897. The van der Waals surface area contributed by atoms with E-state index in [-0.39, 0.29) is 23.7 Å². The molecular weight excluding hydrogens is 620 g/mol. The highest BCUT2D eigenvalue weighted by atomic mass is 32.1. The molecule has 0 unspecified atom stereocenters. The van der Waals surface area contributed by atoms with Crippen LogP contribution in [0.2, 0.25) is 0 Å². The first-order valence-corrected chi connectivity index (χ1v) is 14.5. The number of carbonyl (C=O) groups excluding carboxylic acids is 1. The summed E-state index contributed by atoms with van der Waals surface area (Å²) in [5.41, 5.74) is 0.351. The van der Waals surface area contributed by atoms with E-state index in [0.29, 0.717) is 37.7 Å². The number of non-ortho nitro benzene ring substituents is 1. The number of methoxy groups -OCH3 is 2.